The Morgan fingerprint density at radius 2 is 2.33 bits per heavy atom. The molecule has 4 N–H and O–H groups in total. The summed E-state index contributed by atoms with van der Waals surface area (Å²) in [5.74, 6) is -0.143. The second-order valence-corrected chi connectivity index (χ2v) is 6.91. The Morgan fingerprint density at radius 3 is 3.11 bits per heavy atom. The third-order valence-corrected chi connectivity index (χ3v) is 5.22. The first-order chi connectivity index (χ1) is 13.1. The number of hydrogen-bond acceptors (Lipinski definition) is 6. The van der Waals surface area contributed by atoms with Crippen LogP contribution in [0, 0.1) is 0 Å². The number of nitrogens with zero attached hydrogens (tertiary/aromatic N) is 3. The van der Waals surface area contributed by atoms with Crippen LogP contribution in [0.1, 0.15) is 47.6 Å². The van der Waals surface area contributed by atoms with Gasteiger partial charge in [-0.2, -0.15) is 5.10 Å². The number of nitrogens with one attached hydrogen (secondary N) is 1. The van der Waals surface area contributed by atoms with E-state index in [1.165, 1.54) is 0 Å². The van der Waals surface area contributed by atoms with Crippen molar-refractivity contribution >= 4 is 35.7 Å². The van der Waals surface area contributed by atoms with E-state index >= 15 is 0 Å². The monoisotopic (exact) mass is 367 g/mol. The summed E-state index contributed by atoms with van der Waals surface area (Å²) in [5, 5.41) is 17.6. The number of benzene rings is 1. The van der Waals surface area contributed by atoms with Crippen LogP contribution < -0.4 is 16.5 Å². The molecule has 1 atom stereocenters. The summed E-state index contributed by atoms with van der Waals surface area (Å²) < 4.78 is 7.01. The molecule has 0 radical (unpaired) electrons. The number of amides is 1. The molecule has 1 aromatic heterocycles. The summed E-state index contributed by atoms with van der Waals surface area (Å²) in [5.41, 5.74) is 9.35. The van der Waals surface area contributed by atoms with Crippen LogP contribution in [0.2, 0.25) is 0 Å². The molecule has 1 amide bonds. The zero-order chi connectivity index (χ0) is 19.0. The third kappa shape index (κ3) is 3.35. The van der Waals surface area contributed by atoms with Crippen molar-refractivity contribution in [2.24, 2.45) is 10.7 Å². The second-order valence-electron chi connectivity index (χ2n) is 6.91. The number of carbonyl (C=O) groups excluding carboxylic acids is 1. The molecule has 1 aliphatic carbocycles. The number of hydrogen-bond donors (Lipinski definition) is 3. The lowest BCUT2D eigenvalue weighted by Gasteiger charge is -2.24. The number of carbonyl (C=O) groups is 1. The number of aromatic nitrogens is 2. The topological polar surface area (TPSA) is 115 Å². The fraction of sp³-hybridized carbons (Fsp3) is 0.389. The first kappa shape index (κ1) is 17.8. The number of fused-ring (bicyclic) bond motifs is 1. The van der Waals surface area contributed by atoms with Gasteiger partial charge in [0.15, 0.2) is 5.82 Å². The SMILES string of the molecule is C/N=C1\CCCCC1n1cc(C(N)=O)c(Nc2ccc3c(c2)B(O)OC3)n1. The summed E-state index contributed by atoms with van der Waals surface area (Å²) >= 11 is 0. The van der Waals surface area contributed by atoms with E-state index < -0.39 is 13.0 Å². The second kappa shape index (κ2) is 7.17. The largest absolute Gasteiger partial charge is 0.491 e. The first-order valence-electron chi connectivity index (χ1n) is 9.11. The molecule has 0 bridgehead atoms. The maximum absolute atomic E-state index is 11.9. The minimum Gasteiger partial charge on any atom is -0.423 e. The number of rotatable bonds is 4. The average molecular weight is 367 g/mol. The van der Waals surface area contributed by atoms with Crippen molar-refractivity contribution in [1.82, 2.24) is 9.78 Å². The minimum atomic E-state index is -0.930. The van der Waals surface area contributed by atoms with Gasteiger partial charge < -0.3 is 20.7 Å². The highest BCUT2D eigenvalue weighted by Gasteiger charge is 2.28. The van der Waals surface area contributed by atoms with Crippen molar-refractivity contribution in [2.45, 2.75) is 38.3 Å². The molecule has 9 heteroatoms. The van der Waals surface area contributed by atoms with Crippen LogP contribution in [-0.2, 0) is 11.3 Å². The highest BCUT2D eigenvalue weighted by molar-refractivity contribution is 6.61. The van der Waals surface area contributed by atoms with Gasteiger partial charge >= 0.3 is 7.12 Å². The van der Waals surface area contributed by atoms with E-state index in [0.717, 1.165) is 37.0 Å². The van der Waals surface area contributed by atoms with Gasteiger partial charge in [0.1, 0.15) is 5.56 Å². The van der Waals surface area contributed by atoms with E-state index in [2.05, 4.69) is 15.4 Å². The molecule has 2 heterocycles. The van der Waals surface area contributed by atoms with Crippen molar-refractivity contribution < 1.29 is 14.5 Å². The van der Waals surface area contributed by atoms with Gasteiger partial charge in [-0.25, -0.2) is 0 Å². The standard InChI is InChI=1S/C18H22BN5O3/c1-21-15-4-2-3-5-16(15)24-9-13(17(20)25)18(23-24)22-12-7-6-11-10-27-19(26)14(11)8-12/h6-9,16,26H,2-5,10H2,1H3,(H2,20,25)(H,22,23)/b21-15+. The molecule has 1 unspecified atom stereocenters. The van der Waals surface area contributed by atoms with Gasteiger partial charge in [-0.15, -0.1) is 0 Å². The Labute approximate surface area is 157 Å². The van der Waals surface area contributed by atoms with Crippen molar-refractivity contribution in [3.8, 4) is 0 Å². The maximum Gasteiger partial charge on any atom is 0.491 e. The predicted octanol–water partition coefficient (Wildman–Crippen LogP) is 1.13. The molecule has 140 valence electrons. The molecule has 4 rings (SSSR count). The van der Waals surface area contributed by atoms with Gasteiger partial charge in [-0.05, 0) is 42.4 Å². The van der Waals surface area contributed by atoms with Crippen molar-refractivity contribution in [1.29, 1.82) is 0 Å². The van der Waals surface area contributed by atoms with Gasteiger partial charge in [0.2, 0.25) is 0 Å². The van der Waals surface area contributed by atoms with E-state index in [1.807, 2.05) is 12.1 Å². The third-order valence-electron chi connectivity index (χ3n) is 5.22. The Morgan fingerprint density at radius 1 is 1.48 bits per heavy atom. The van der Waals surface area contributed by atoms with Gasteiger partial charge in [0.05, 0.1) is 12.6 Å². The average Bonchev–Trinajstić information content (AvgIpc) is 3.26. The fourth-order valence-electron chi connectivity index (χ4n) is 3.78. The lowest BCUT2D eigenvalue weighted by atomic mass is 9.79. The van der Waals surface area contributed by atoms with Crippen molar-refractivity contribution in [2.75, 3.05) is 12.4 Å². The van der Waals surface area contributed by atoms with Gasteiger partial charge in [-0.3, -0.25) is 14.5 Å². The number of aliphatic imine (C=N–C) groups is 1. The maximum atomic E-state index is 11.9. The van der Waals surface area contributed by atoms with Crippen LogP contribution in [-0.4, -0.2) is 40.6 Å². The van der Waals surface area contributed by atoms with Gasteiger partial charge in [0, 0.05) is 24.6 Å². The molecule has 0 saturated heterocycles. The van der Waals surface area contributed by atoms with Gasteiger partial charge in [0.25, 0.3) is 5.91 Å². The van der Waals surface area contributed by atoms with E-state index in [9.17, 15) is 9.82 Å². The minimum absolute atomic E-state index is 0.0487. The van der Waals surface area contributed by atoms with Crippen LogP contribution in [0.5, 0.6) is 0 Å². The van der Waals surface area contributed by atoms with E-state index in [0.29, 0.717) is 29.1 Å². The summed E-state index contributed by atoms with van der Waals surface area (Å²) in [6.07, 6.45) is 5.79. The smallest absolute Gasteiger partial charge is 0.423 e. The zero-order valence-corrected chi connectivity index (χ0v) is 15.2. The number of nitrogens with two attached hydrogens (primary N) is 1. The first-order valence-corrected chi connectivity index (χ1v) is 9.11. The fourth-order valence-corrected chi connectivity index (χ4v) is 3.78. The normalized spacial score (nSPS) is 20.7. The molecule has 1 aliphatic heterocycles. The Kier molecular flexibility index (Phi) is 4.71. The highest BCUT2D eigenvalue weighted by Crippen LogP contribution is 2.29. The van der Waals surface area contributed by atoms with Crippen LogP contribution in [0.4, 0.5) is 11.5 Å². The van der Waals surface area contributed by atoms with E-state index in [1.54, 1.807) is 24.0 Å². The molecule has 2 aromatic rings. The molecule has 1 fully saturated rings. The van der Waals surface area contributed by atoms with Crippen LogP contribution in [0.15, 0.2) is 29.4 Å². The van der Waals surface area contributed by atoms with Gasteiger partial charge in [-0.1, -0.05) is 12.5 Å². The Bertz CT molecular complexity index is 910. The molecule has 2 aliphatic rings. The predicted molar refractivity (Wildman–Crippen MR) is 104 cm³/mol. The summed E-state index contributed by atoms with van der Waals surface area (Å²) in [4.78, 5) is 16.3. The quantitative estimate of drug-likeness (QED) is 0.701. The summed E-state index contributed by atoms with van der Waals surface area (Å²) in [7, 11) is 0.865. The van der Waals surface area contributed by atoms with Crippen LogP contribution in [0.25, 0.3) is 0 Å². The van der Waals surface area contributed by atoms with Crippen molar-refractivity contribution in [3.63, 3.8) is 0 Å². The molecular weight excluding hydrogens is 345 g/mol. The lowest BCUT2D eigenvalue weighted by molar-refractivity contribution is 0.100. The highest BCUT2D eigenvalue weighted by atomic mass is 16.5. The van der Waals surface area contributed by atoms with Crippen LogP contribution >= 0.6 is 0 Å². The van der Waals surface area contributed by atoms with E-state index in [4.69, 9.17) is 10.4 Å². The summed E-state index contributed by atoms with van der Waals surface area (Å²) in [6, 6.07) is 5.60. The molecule has 1 aromatic carbocycles. The molecule has 0 spiro atoms. The molecule has 8 nitrogen and oxygen atoms in total. The molecular formula is C18H22BN5O3. The number of anilines is 2. The zero-order valence-electron chi connectivity index (χ0n) is 15.2. The Hall–Kier alpha value is -2.65. The molecule has 27 heavy (non-hydrogen) atoms. The molecule has 1 saturated carbocycles. The van der Waals surface area contributed by atoms with E-state index in [-0.39, 0.29) is 6.04 Å². The number of primary amides is 1. The summed E-state index contributed by atoms with van der Waals surface area (Å²) in [6.45, 7) is 0.388. The Balaban J connectivity index is 1.65. The van der Waals surface area contributed by atoms with Crippen LogP contribution in [0.3, 0.4) is 0 Å². The lowest BCUT2D eigenvalue weighted by Crippen LogP contribution is -2.28. The van der Waals surface area contributed by atoms with Crippen molar-refractivity contribution in [3.05, 3.63) is 35.5 Å².